The summed E-state index contributed by atoms with van der Waals surface area (Å²) in [6.45, 7) is 0. The average molecular weight is 450 g/mol. The molecule has 0 aliphatic heterocycles. The van der Waals surface area contributed by atoms with Crippen LogP contribution in [0.2, 0.25) is 0 Å². The first kappa shape index (κ1) is 23.9. The number of primary sulfonamides is 2. The van der Waals surface area contributed by atoms with E-state index < -0.39 is 48.4 Å². The first-order valence-corrected chi connectivity index (χ1v) is 9.93. The van der Waals surface area contributed by atoms with E-state index in [1.165, 1.54) is 12.1 Å². The minimum atomic E-state index is -5.49. The number of nitrogens with two attached hydrogens (primary N) is 2. The third kappa shape index (κ3) is 6.47. The predicted octanol–water partition coefficient (Wildman–Crippen LogP) is 2.71. The molecule has 2 aromatic rings. The topological polar surface area (TPSA) is 120 Å². The molecule has 0 heterocycles. The quantitative estimate of drug-likeness (QED) is 0.684. The lowest BCUT2D eigenvalue weighted by atomic mass is 10.1. The van der Waals surface area contributed by atoms with Crippen molar-refractivity contribution in [3.05, 3.63) is 59.7 Å². The van der Waals surface area contributed by atoms with Crippen LogP contribution in [-0.2, 0) is 32.4 Å². The van der Waals surface area contributed by atoms with Gasteiger partial charge in [0, 0.05) is 0 Å². The van der Waals surface area contributed by atoms with Gasteiger partial charge in [0.2, 0.25) is 20.0 Å². The van der Waals surface area contributed by atoms with Crippen LogP contribution in [0.5, 0.6) is 0 Å². The summed E-state index contributed by atoms with van der Waals surface area (Å²) in [5, 5.41) is 9.30. The molecule has 156 valence electrons. The van der Waals surface area contributed by atoms with Gasteiger partial charge in [-0.25, -0.2) is 27.1 Å². The van der Waals surface area contributed by atoms with E-state index in [-0.39, 0.29) is 11.0 Å². The van der Waals surface area contributed by atoms with Crippen LogP contribution < -0.4 is 10.3 Å². The molecule has 4 N–H and O–H groups in total. The molecule has 0 saturated carbocycles. The number of hydrogen-bond donors (Lipinski definition) is 2. The predicted molar refractivity (Wildman–Crippen MR) is 85.6 cm³/mol. The molecular weight excluding hydrogens is 438 g/mol. The summed E-state index contributed by atoms with van der Waals surface area (Å²) in [7, 11) is -8.42. The number of sulfonamides is 2. The van der Waals surface area contributed by atoms with Gasteiger partial charge >= 0.3 is 12.4 Å². The monoisotopic (exact) mass is 450 g/mol. The Balaban J connectivity index is 0.000000330. The van der Waals surface area contributed by atoms with Crippen molar-refractivity contribution in [3.63, 3.8) is 0 Å². The van der Waals surface area contributed by atoms with Crippen molar-refractivity contribution >= 4 is 20.0 Å². The molecule has 2 aromatic carbocycles. The Hall–Kier alpha value is -2.16. The van der Waals surface area contributed by atoms with Gasteiger partial charge in [0.1, 0.15) is 0 Å². The molecule has 6 nitrogen and oxygen atoms in total. The Morgan fingerprint density at radius 1 is 0.643 bits per heavy atom. The van der Waals surface area contributed by atoms with Crippen molar-refractivity contribution in [2.45, 2.75) is 22.1 Å². The maximum Gasteiger partial charge on any atom is 0.418 e. The molecule has 0 aromatic heterocycles. The Bertz CT molecular complexity index is 1030. The largest absolute Gasteiger partial charge is 0.418 e. The fourth-order valence-electron chi connectivity index (χ4n) is 1.91. The van der Waals surface area contributed by atoms with Crippen LogP contribution >= 0.6 is 0 Å². The zero-order valence-electron chi connectivity index (χ0n) is 13.5. The molecule has 0 radical (unpaired) electrons. The maximum atomic E-state index is 12.5. The Morgan fingerprint density at radius 3 is 1.46 bits per heavy atom. The molecule has 0 spiro atoms. The van der Waals surface area contributed by atoms with Gasteiger partial charge in [0.25, 0.3) is 0 Å². The zero-order valence-corrected chi connectivity index (χ0v) is 15.1. The zero-order chi connectivity index (χ0) is 22.0. The summed E-state index contributed by atoms with van der Waals surface area (Å²) < 4.78 is 118. The number of benzene rings is 2. The van der Waals surface area contributed by atoms with Gasteiger partial charge in [0.05, 0.1) is 20.9 Å². The van der Waals surface area contributed by atoms with Gasteiger partial charge in [0.15, 0.2) is 0 Å². The summed E-state index contributed by atoms with van der Waals surface area (Å²) in [6.07, 6.45) is -10.8. The van der Waals surface area contributed by atoms with E-state index in [0.29, 0.717) is 12.1 Å². The van der Waals surface area contributed by atoms with Gasteiger partial charge in [-0.15, -0.1) is 0 Å². The maximum absolute atomic E-state index is 12.5. The first-order valence-electron chi connectivity index (χ1n) is 6.83. The summed E-state index contributed by atoms with van der Waals surface area (Å²) >= 11 is 0. The summed E-state index contributed by atoms with van der Waals surface area (Å²) in [5.74, 6) is 0. The number of alkyl halides is 6. The Kier molecular flexibility index (Phi) is 6.88. The number of halogens is 6. The molecule has 0 aliphatic rings. The smallest absolute Gasteiger partial charge is 0.225 e. The van der Waals surface area contributed by atoms with Crippen molar-refractivity contribution < 1.29 is 43.2 Å². The van der Waals surface area contributed by atoms with Crippen molar-refractivity contribution in [3.8, 4) is 0 Å². The van der Waals surface area contributed by atoms with Crippen LogP contribution in [0.1, 0.15) is 11.1 Å². The molecule has 2 rings (SSSR count). The first-order chi connectivity index (χ1) is 12.5. The van der Waals surface area contributed by atoms with E-state index in [0.717, 1.165) is 0 Å². The average Bonchev–Trinajstić information content (AvgIpc) is 2.52. The fourth-order valence-corrected chi connectivity index (χ4v) is 3.22. The van der Waals surface area contributed by atoms with E-state index in [4.69, 9.17) is 5.14 Å². The molecule has 0 atom stereocenters. The molecule has 0 bridgehead atoms. The van der Waals surface area contributed by atoms with Gasteiger partial charge in [-0.05, 0) is 24.3 Å². The molecule has 0 amide bonds. The molecule has 14 heteroatoms. The second kappa shape index (κ2) is 8.06. The highest BCUT2D eigenvalue weighted by molar-refractivity contribution is 7.89. The molecular formula is C14H12F6N2O4S2. The lowest BCUT2D eigenvalue weighted by molar-refractivity contribution is -0.163. The van der Waals surface area contributed by atoms with E-state index >= 15 is 0 Å². The van der Waals surface area contributed by atoms with E-state index in [1.54, 1.807) is 18.2 Å². The third-order valence-corrected chi connectivity index (χ3v) is 4.88. The molecule has 0 fully saturated rings. The van der Waals surface area contributed by atoms with Crippen molar-refractivity contribution in [2.75, 3.05) is 0 Å². The Morgan fingerprint density at radius 2 is 1.14 bits per heavy atom. The highest BCUT2D eigenvalue weighted by Gasteiger charge is 2.46. The standard InChI is InChI=1S/C8H5F6NO2S.C6H7NO2S/c9-7(10,11)4-2-1-3-5(18(15,16)17)6(4)8(12,13)14;7-10(8,9)6-4-2-1-3-5-6/h1-3H,(H2,15,16,17);1-5H,(H2,7,8,9). The van der Waals surface area contributed by atoms with Crippen LogP contribution in [0, 0.1) is 0 Å². The van der Waals surface area contributed by atoms with Crippen LogP contribution in [0.25, 0.3) is 0 Å². The SMILES string of the molecule is NS(=O)(=O)c1cccc(C(F)(F)F)c1C(F)(F)F.NS(=O)(=O)c1ccccc1. The Labute approximate surface area is 155 Å². The van der Waals surface area contributed by atoms with Crippen LogP contribution in [-0.4, -0.2) is 16.8 Å². The summed E-state index contributed by atoms with van der Waals surface area (Å²) in [4.78, 5) is -1.46. The third-order valence-electron chi connectivity index (χ3n) is 2.99. The normalized spacial score (nSPS) is 12.9. The van der Waals surface area contributed by atoms with Gasteiger partial charge in [-0.2, -0.15) is 26.3 Å². The highest BCUT2D eigenvalue weighted by Crippen LogP contribution is 2.42. The van der Waals surface area contributed by atoms with Crippen LogP contribution in [0.15, 0.2) is 58.3 Å². The lowest BCUT2D eigenvalue weighted by Crippen LogP contribution is -2.23. The highest BCUT2D eigenvalue weighted by atomic mass is 32.2. The molecule has 28 heavy (non-hydrogen) atoms. The lowest BCUT2D eigenvalue weighted by Gasteiger charge is -2.17. The van der Waals surface area contributed by atoms with E-state index in [1.807, 2.05) is 0 Å². The van der Waals surface area contributed by atoms with E-state index in [2.05, 4.69) is 5.14 Å². The minimum absolute atomic E-state index is 0.136. The van der Waals surface area contributed by atoms with E-state index in [9.17, 15) is 43.2 Å². The second-order valence-corrected chi connectivity index (χ2v) is 8.17. The van der Waals surface area contributed by atoms with Crippen molar-refractivity contribution in [1.29, 1.82) is 0 Å². The van der Waals surface area contributed by atoms with Crippen LogP contribution in [0.3, 0.4) is 0 Å². The second-order valence-electron chi connectivity index (χ2n) is 5.08. The molecule has 0 aliphatic carbocycles. The summed E-state index contributed by atoms with van der Waals surface area (Å²) in [6, 6.07) is 8.93. The van der Waals surface area contributed by atoms with Crippen LogP contribution in [0.4, 0.5) is 26.3 Å². The molecule has 0 unspecified atom stereocenters. The minimum Gasteiger partial charge on any atom is -0.225 e. The molecule has 0 saturated heterocycles. The number of rotatable bonds is 2. The van der Waals surface area contributed by atoms with Gasteiger partial charge in [-0.3, -0.25) is 0 Å². The fraction of sp³-hybridized carbons (Fsp3) is 0.143. The number of hydrogen-bond acceptors (Lipinski definition) is 4. The van der Waals surface area contributed by atoms with Crippen molar-refractivity contribution in [2.24, 2.45) is 10.3 Å². The van der Waals surface area contributed by atoms with Gasteiger partial charge < -0.3 is 0 Å². The summed E-state index contributed by atoms with van der Waals surface area (Å²) in [5.41, 5.74) is -4.40. The van der Waals surface area contributed by atoms with Gasteiger partial charge in [-0.1, -0.05) is 24.3 Å². The van der Waals surface area contributed by atoms with Crippen molar-refractivity contribution in [1.82, 2.24) is 0 Å².